The van der Waals surface area contributed by atoms with Gasteiger partial charge >= 0.3 is 6.09 Å². The first-order valence-corrected chi connectivity index (χ1v) is 8.56. The van der Waals surface area contributed by atoms with Crippen molar-refractivity contribution in [1.29, 1.82) is 0 Å². The molecule has 1 saturated heterocycles. The fraction of sp³-hybridized carbons (Fsp3) is 0.632. The second-order valence-corrected chi connectivity index (χ2v) is 7.53. The Kier molecular flexibility index (Phi) is 6.24. The first-order valence-electron chi connectivity index (χ1n) is 8.56. The van der Waals surface area contributed by atoms with Gasteiger partial charge in [-0.1, -0.05) is 30.3 Å². The fourth-order valence-electron chi connectivity index (χ4n) is 3.22. The summed E-state index contributed by atoms with van der Waals surface area (Å²) in [6.07, 6.45) is -0.253. The van der Waals surface area contributed by atoms with E-state index in [9.17, 15) is 4.79 Å². The topological polar surface area (TPSA) is 42.0 Å². The van der Waals surface area contributed by atoms with Gasteiger partial charge in [0.15, 0.2) is 0 Å². The molecule has 1 aliphatic heterocycles. The van der Waals surface area contributed by atoms with E-state index in [2.05, 4.69) is 36.1 Å². The fourth-order valence-corrected chi connectivity index (χ4v) is 3.22. The van der Waals surface area contributed by atoms with Crippen LogP contribution in [0.1, 0.15) is 33.3 Å². The van der Waals surface area contributed by atoms with Crippen LogP contribution in [0.3, 0.4) is 0 Å². The van der Waals surface area contributed by atoms with Crippen molar-refractivity contribution in [2.45, 2.75) is 51.9 Å². The van der Waals surface area contributed by atoms with Crippen LogP contribution in [0.15, 0.2) is 30.3 Å². The van der Waals surface area contributed by atoms with E-state index in [1.54, 1.807) is 7.11 Å². The van der Waals surface area contributed by atoms with E-state index >= 15 is 0 Å². The van der Waals surface area contributed by atoms with Gasteiger partial charge in [-0.2, -0.15) is 0 Å². The summed E-state index contributed by atoms with van der Waals surface area (Å²) in [7, 11) is 1.67. The first kappa shape index (κ1) is 18.7. The SMILES string of the molecule is COCC1CN(Cc2ccccc2)CC(C)N1C(=O)OC(C)(C)C. The van der Waals surface area contributed by atoms with Gasteiger partial charge in [-0.3, -0.25) is 9.80 Å². The largest absolute Gasteiger partial charge is 0.444 e. The van der Waals surface area contributed by atoms with E-state index in [-0.39, 0.29) is 18.2 Å². The molecule has 2 rings (SSSR count). The number of nitrogens with zero attached hydrogens (tertiary/aromatic N) is 2. The highest BCUT2D eigenvalue weighted by Gasteiger charge is 2.37. The van der Waals surface area contributed by atoms with Crippen LogP contribution in [0.2, 0.25) is 0 Å². The van der Waals surface area contributed by atoms with Gasteiger partial charge in [0.25, 0.3) is 0 Å². The second kappa shape index (κ2) is 7.99. The molecular weight excluding hydrogens is 304 g/mol. The number of carbonyl (C=O) groups excluding carboxylic acids is 1. The maximum atomic E-state index is 12.6. The maximum absolute atomic E-state index is 12.6. The zero-order chi connectivity index (χ0) is 17.7. The molecule has 2 unspecified atom stereocenters. The van der Waals surface area contributed by atoms with Crippen LogP contribution in [0.25, 0.3) is 0 Å². The van der Waals surface area contributed by atoms with Crippen molar-refractivity contribution in [1.82, 2.24) is 9.80 Å². The quantitative estimate of drug-likeness (QED) is 0.848. The van der Waals surface area contributed by atoms with Gasteiger partial charge in [-0.25, -0.2) is 4.79 Å². The van der Waals surface area contributed by atoms with Crippen LogP contribution in [0.4, 0.5) is 4.79 Å². The summed E-state index contributed by atoms with van der Waals surface area (Å²) >= 11 is 0. The summed E-state index contributed by atoms with van der Waals surface area (Å²) in [5, 5.41) is 0. The molecule has 0 radical (unpaired) electrons. The zero-order valence-corrected chi connectivity index (χ0v) is 15.5. The lowest BCUT2D eigenvalue weighted by molar-refractivity contribution is -0.0355. The van der Waals surface area contributed by atoms with Gasteiger partial charge in [0.05, 0.1) is 12.6 Å². The summed E-state index contributed by atoms with van der Waals surface area (Å²) in [5.74, 6) is 0. The van der Waals surface area contributed by atoms with Crippen LogP contribution >= 0.6 is 0 Å². The molecule has 0 spiro atoms. The Bertz CT molecular complexity index is 527. The van der Waals surface area contributed by atoms with E-state index in [4.69, 9.17) is 9.47 Å². The predicted molar refractivity (Wildman–Crippen MR) is 94.9 cm³/mol. The lowest BCUT2D eigenvalue weighted by Crippen LogP contribution is -2.61. The molecule has 0 saturated carbocycles. The molecule has 0 bridgehead atoms. The minimum Gasteiger partial charge on any atom is -0.444 e. The van der Waals surface area contributed by atoms with Crippen molar-refractivity contribution < 1.29 is 14.3 Å². The molecule has 134 valence electrons. The van der Waals surface area contributed by atoms with Crippen molar-refractivity contribution in [2.24, 2.45) is 0 Å². The van der Waals surface area contributed by atoms with Crippen LogP contribution < -0.4 is 0 Å². The maximum Gasteiger partial charge on any atom is 0.410 e. The molecule has 2 atom stereocenters. The van der Waals surface area contributed by atoms with Crippen LogP contribution in [-0.2, 0) is 16.0 Å². The monoisotopic (exact) mass is 334 g/mol. The molecule has 0 N–H and O–H groups in total. The third-order valence-electron chi connectivity index (χ3n) is 4.07. The predicted octanol–water partition coefficient (Wildman–Crippen LogP) is 3.14. The summed E-state index contributed by atoms with van der Waals surface area (Å²) in [4.78, 5) is 16.8. The first-order chi connectivity index (χ1) is 11.3. The molecule has 1 aromatic rings. The number of methoxy groups -OCH3 is 1. The minimum absolute atomic E-state index is 0.00249. The second-order valence-electron chi connectivity index (χ2n) is 7.53. The highest BCUT2D eigenvalue weighted by molar-refractivity contribution is 5.69. The van der Waals surface area contributed by atoms with E-state index in [0.29, 0.717) is 6.61 Å². The minimum atomic E-state index is -0.490. The Morgan fingerprint density at radius 1 is 1.21 bits per heavy atom. The third kappa shape index (κ3) is 5.21. The van der Waals surface area contributed by atoms with Crippen molar-refractivity contribution in [3.05, 3.63) is 35.9 Å². The van der Waals surface area contributed by atoms with Gasteiger partial charge in [0, 0.05) is 32.8 Å². The number of rotatable bonds is 4. The van der Waals surface area contributed by atoms with E-state index in [1.807, 2.05) is 31.7 Å². The summed E-state index contributed by atoms with van der Waals surface area (Å²) in [6, 6.07) is 10.5. The number of carbonyl (C=O) groups is 1. The van der Waals surface area contributed by atoms with Gasteiger partial charge in [-0.05, 0) is 33.3 Å². The highest BCUT2D eigenvalue weighted by atomic mass is 16.6. The van der Waals surface area contributed by atoms with Gasteiger partial charge in [0.1, 0.15) is 5.60 Å². The van der Waals surface area contributed by atoms with Crippen molar-refractivity contribution in [3.8, 4) is 0 Å². The van der Waals surface area contributed by atoms with Gasteiger partial charge in [-0.15, -0.1) is 0 Å². The molecule has 24 heavy (non-hydrogen) atoms. The van der Waals surface area contributed by atoms with Gasteiger partial charge < -0.3 is 9.47 Å². The van der Waals surface area contributed by atoms with E-state index in [1.165, 1.54) is 5.56 Å². The van der Waals surface area contributed by atoms with Crippen LogP contribution in [0.5, 0.6) is 0 Å². The van der Waals surface area contributed by atoms with E-state index < -0.39 is 5.60 Å². The van der Waals surface area contributed by atoms with Gasteiger partial charge in [0.2, 0.25) is 0 Å². The molecule has 1 fully saturated rings. The summed E-state index contributed by atoms with van der Waals surface area (Å²) in [5.41, 5.74) is 0.793. The Morgan fingerprint density at radius 2 is 1.88 bits per heavy atom. The van der Waals surface area contributed by atoms with Crippen LogP contribution in [0, 0.1) is 0 Å². The lowest BCUT2D eigenvalue weighted by atomic mass is 10.1. The highest BCUT2D eigenvalue weighted by Crippen LogP contribution is 2.21. The van der Waals surface area contributed by atoms with E-state index in [0.717, 1.165) is 19.6 Å². The number of hydrogen-bond acceptors (Lipinski definition) is 4. The van der Waals surface area contributed by atoms with Crippen molar-refractivity contribution in [2.75, 3.05) is 26.8 Å². The Balaban J connectivity index is 2.07. The average molecular weight is 334 g/mol. The molecule has 0 aromatic heterocycles. The van der Waals surface area contributed by atoms with Crippen molar-refractivity contribution in [3.63, 3.8) is 0 Å². The lowest BCUT2D eigenvalue weighted by Gasteiger charge is -2.45. The average Bonchev–Trinajstić information content (AvgIpc) is 2.46. The number of amides is 1. The molecule has 5 nitrogen and oxygen atoms in total. The Hall–Kier alpha value is -1.59. The smallest absolute Gasteiger partial charge is 0.410 e. The Labute approximate surface area is 145 Å². The van der Waals surface area contributed by atoms with Crippen molar-refractivity contribution >= 4 is 6.09 Å². The molecule has 1 aliphatic rings. The molecule has 0 aliphatic carbocycles. The molecule has 1 aromatic carbocycles. The number of benzene rings is 1. The molecule has 1 amide bonds. The van der Waals surface area contributed by atoms with Crippen LogP contribution in [-0.4, -0.2) is 60.4 Å². The molecule has 1 heterocycles. The number of hydrogen-bond donors (Lipinski definition) is 0. The normalized spacial score (nSPS) is 22.5. The summed E-state index contributed by atoms with van der Waals surface area (Å²) in [6.45, 7) is 10.8. The molecular formula is C19H30N2O3. The number of piperazine rings is 1. The standard InChI is InChI=1S/C19H30N2O3/c1-15-11-20(12-16-9-7-6-8-10-16)13-17(14-23-5)21(15)18(22)24-19(2,3)4/h6-10,15,17H,11-14H2,1-5H3. The third-order valence-corrected chi connectivity index (χ3v) is 4.07. The Morgan fingerprint density at radius 3 is 2.46 bits per heavy atom. The summed E-state index contributed by atoms with van der Waals surface area (Å²) < 4.78 is 11.0. The number of ether oxygens (including phenoxy) is 2. The molecule has 5 heteroatoms. The zero-order valence-electron chi connectivity index (χ0n) is 15.5.